The van der Waals surface area contributed by atoms with E-state index in [-0.39, 0.29) is 11.2 Å². The molecule has 9 heteroatoms. The molecule has 152 valence electrons. The SMILES string of the molecule is CC(Sc1nnc(-c2ccccc2Cl)n1C)C(=O)Nc1nc(-c2ccccc2)cs1. The van der Waals surface area contributed by atoms with Crippen LogP contribution >= 0.6 is 34.7 Å². The van der Waals surface area contributed by atoms with Crippen LogP contribution in [0, 0.1) is 0 Å². The number of hydrogen-bond donors (Lipinski definition) is 1. The van der Waals surface area contributed by atoms with E-state index in [9.17, 15) is 4.79 Å². The molecule has 0 bridgehead atoms. The first-order valence-electron chi connectivity index (χ1n) is 9.15. The molecule has 6 nitrogen and oxygen atoms in total. The van der Waals surface area contributed by atoms with Crippen LogP contribution in [0.2, 0.25) is 5.02 Å². The fourth-order valence-corrected chi connectivity index (χ4v) is 4.54. The Balaban J connectivity index is 1.43. The molecular formula is C21H18ClN5OS2. The van der Waals surface area contributed by atoms with Crippen molar-refractivity contribution in [1.82, 2.24) is 19.7 Å². The molecule has 0 saturated carbocycles. The number of halogens is 1. The molecule has 0 fully saturated rings. The number of carbonyl (C=O) groups is 1. The number of hydrogen-bond acceptors (Lipinski definition) is 6. The molecule has 30 heavy (non-hydrogen) atoms. The van der Waals surface area contributed by atoms with Gasteiger partial charge in [-0.25, -0.2) is 4.98 Å². The van der Waals surface area contributed by atoms with Gasteiger partial charge in [-0.1, -0.05) is 65.8 Å². The second kappa shape index (κ2) is 8.99. The number of carbonyl (C=O) groups excluding carboxylic acids is 1. The number of rotatable bonds is 6. The van der Waals surface area contributed by atoms with Crippen molar-refractivity contribution < 1.29 is 4.79 Å². The second-order valence-electron chi connectivity index (χ2n) is 6.50. The zero-order valence-electron chi connectivity index (χ0n) is 16.2. The lowest BCUT2D eigenvalue weighted by Gasteiger charge is -2.10. The average Bonchev–Trinajstić information content (AvgIpc) is 3.36. The van der Waals surface area contributed by atoms with Gasteiger partial charge in [-0.15, -0.1) is 21.5 Å². The Morgan fingerprint density at radius 2 is 1.87 bits per heavy atom. The smallest absolute Gasteiger partial charge is 0.239 e. The highest BCUT2D eigenvalue weighted by molar-refractivity contribution is 8.00. The van der Waals surface area contributed by atoms with E-state index < -0.39 is 0 Å². The van der Waals surface area contributed by atoms with Crippen LogP contribution in [0.25, 0.3) is 22.6 Å². The van der Waals surface area contributed by atoms with E-state index in [0.717, 1.165) is 16.8 Å². The maximum absolute atomic E-state index is 12.7. The topological polar surface area (TPSA) is 72.7 Å². The van der Waals surface area contributed by atoms with Gasteiger partial charge >= 0.3 is 0 Å². The van der Waals surface area contributed by atoms with E-state index >= 15 is 0 Å². The minimum atomic E-state index is -0.379. The zero-order chi connectivity index (χ0) is 21.1. The molecule has 1 unspecified atom stereocenters. The predicted octanol–water partition coefficient (Wildman–Crippen LogP) is 5.38. The summed E-state index contributed by atoms with van der Waals surface area (Å²) in [4.78, 5) is 17.2. The molecule has 2 heterocycles. The van der Waals surface area contributed by atoms with E-state index in [1.165, 1.54) is 23.1 Å². The highest BCUT2D eigenvalue weighted by Gasteiger charge is 2.21. The highest BCUT2D eigenvalue weighted by Crippen LogP contribution is 2.30. The maximum Gasteiger partial charge on any atom is 0.239 e. The summed E-state index contributed by atoms with van der Waals surface area (Å²) in [5, 5.41) is 14.7. The number of aromatic nitrogens is 4. The van der Waals surface area contributed by atoms with Gasteiger partial charge < -0.3 is 9.88 Å². The summed E-state index contributed by atoms with van der Waals surface area (Å²) in [6.07, 6.45) is 0. The largest absolute Gasteiger partial charge is 0.305 e. The number of thioether (sulfide) groups is 1. The van der Waals surface area contributed by atoms with Crippen LogP contribution in [-0.4, -0.2) is 30.9 Å². The summed E-state index contributed by atoms with van der Waals surface area (Å²) < 4.78 is 1.84. The van der Waals surface area contributed by atoms with Crippen molar-refractivity contribution in [2.45, 2.75) is 17.3 Å². The van der Waals surface area contributed by atoms with E-state index in [2.05, 4.69) is 20.5 Å². The Morgan fingerprint density at radius 3 is 2.63 bits per heavy atom. The number of thiazole rings is 1. The molecule has 2 aromatic heterocycles. The lowest BCUT2D eigenvalue weighted by Crippen LogP contribution is -2.22. The zero-order valence-corrected chi connectivity index (χ0v) is 18.6. The van der Waals surface area contributed by atoms with Gasteiger partial charge in [0.2, 0.25) is 5.91 Å². The summed E-state index contributed by atoms with van der Waals surface area (Å²) in [6.45, 7) is 1.83. The quantitative estimate of drug-likeness (QED) is 0.395. The van der Waals surface area contributed by atoms with Crippen molar-refractivity contribution in [2.24, 2.45) is 7.05 Å². The minimum absolute atomic E-state index is 0.142. The second-order valence-corrected chi connectivity index (χ2v) is 9.07. The molecular weight excluding hydrogens is 438 g/mol. The van der Waals surface area contributed by atoms with Crippen LogP contribution in [-0.2, 0) is 11.8 Å². The molecule has 0 spiro atoms. The summed E-state index contributed by atoms with van der Waals surface area (Å²) in [5.41, 5.74) is 2.66. The van der Waals surface area contributed by atoms with E-state index in [0.29, 0.717) is 21.1 Å². The molecule has 0 radical (unpaired) electrons. The van der Waals surface area contributed by atoms with Crippen LogP contribution in [0.1, 0.15) is 6.92 Å². The molecule has 0 aliphatic heterocycles. The molecule has 1 amide bonds. The first kappa shape index (κ1) is 20.6. The maximum atomic E-state index is 12.7. The molecule has 0 aliphatic carbocycles. The van der Waals surface area contributed by atoms with Gasteiger partial charge in [0.05, 0.1) is 16.0 Å². The average molecular weight is 456 g/mol. The first-order valence-corrected chi connectivity index (χ1v) is 11.3. The van der Waals surface area contributed by atoms with Gasteiger partial charge in [0.15, 0.2) is 16.1 Å². The fourth-order valence-electron chi connectivity index (χ4n) is 2.79. The number of nitrogens with one attached hydrogen (secondary N) is 1. The Kier molecular flexibility index (Phi) is 6.17. The molecule has 1 atom stereocenters. The Bertz CT molecular complexity index is 1180. The van der Waals surface area contributed by atoms with Crippen molar-refractivity contribution in [2.75, 3.05) is 5.32 Å². The minimum Gasteiger partial charge on any atom is -0.305 e. The monoisotopic (exact) mass is 455 g/mol. The van der Waals surface area contributed by atoms with Gasteiger partial charge in [0.1, 0.15) is 0 Å². The third-order valence-electron chi connectivity index (χ3n) is 4.40. The molecule has 2 aromatic carbocycles. The molecule has 0 saturated heterocycles. The Labute approximate surface area is 187 Å². The number of nitrogens with zero attached hydrogens (tertiary/aromatic N) is 4. The van der Waals surface area contributed by atoms with Crippen molar-refractivity contribution >= 4 is 45.7 Å². The van der Waals surface area contributed by atoms with Crippen LogP contribution in [0.5, 0.6) is 0 Å². The normalized spacial score (nSPS) is 12.0. The van der Waals surface area contributed by atoms with E-state index in [1.54, 1.807) is 0 Å². The Hall–Kier alpha value is -2.68. The molecule has 1 N–H and O–H groups in total. The highest BCUT2D eigenvalue weighted by atomic mass is 35.5. The first-order chi connectivity index (χ1) is 14.5. The van der Waals surface area contributed by atoms with Crippen LogP contribution in [0.3, 0.4) is 0 Å². The van der Waals surface area contributed by atoms with Crippen molar-refractivity contribution in [3.8, 4) is 22.6 Å². The lowest BCUT2D eigenvalue weighted by atomic mass is 10.2. The standard InChI is InChI=1S/C21H18ClN5OS2/c1-13(19(28)24-20-23-17(12-29-20)14-8-4-3-5-9-14)30-21-26-25-18(27(21)2)15-10-6-7-11-16(15)22/h3-13H,1-2H3,(H,23,24,28). The number of amides is 1. The third kappa shape index (κ3) is 4.40. The number of anilines is 1. The summed E-state index contributed by atoms with van der Waals surface area (Å²) in [5.74, 6) is 0.513. The molecule has 4 rings (SSSR count). The summed E-state index contributed by atoms with van der Waals surface area (Å²) in [6, 6.07) is 17.3. The van der Waals surface area contributed by atoms with Crippen LogP contribution in [0.4, 0.5) is 5.13 Å². The predicted molar refractivity (Wildman–Crippen MR) is 123 cm³/mol. The van der Waals surface area contributed by atoms with E-state index in [1.807, 2.05) is 78.5 Å². The number of benzene rings is 2. The van der Waals surface area contributed by atoms with Gasteiger partial charge in [-0.05, 0) is 19.1 Å². The lowest BCUT2D eigenvalue weighted by molar-refractivity contribution is -0.115. The third-order valence-corrected chi connectivity index (χ3v) is 6.63. The Morgan fingerprint density at radius 1 is 1.13 bits per heavy atom. The van der Waals surface area contributed by atoms with Crippen LogP contribution in [0.15, 0.2) is 65.1 Å². The summed E-state index contributed by atoms with van der Waals surface area (Å²) >= 11 is 9.01. The van der Waals surface area contributed by atoms with Gasteiger partial charge in [0, 0.05) is 23.6 Å². The van der Waals surface area contributed by atoms with Crippen molar-refractivity contribution in [1.29, 1.82) is 0 Å². The molecule has 0 aliphatic rings. The van der Waals surface area contributed by atoms with Crippen LogP contribution < -0.4 is 5.32 Å². The van der Waals surface area contributed by atoms with Crippen molar-refractivity contribution in [3.05, 3.63) is 65.0 Å². The molecule has 4 aromatic rings. The van der Waals surface area contributed by atoms with Gasteiger partial charge in [-0.2, -0.15) is 0 Å². The van der Waals surface area contributed by atoms with Gasteiger partial charge in [0.25, 0.3) is 0 Å². The van der Waals surface area contributed by atoms with E-state index in [4.69, 9.17) is 11.6 Å². The van der Waals surface area contributed by atoms with Gasteiger partial charge in [-0.3, -0.25) is 4.79 Å². The fraction of sp³-hybridized carbons (Fsp3) is 0.143. The van der Waals surface area contributed by atoms with Crippen molar-refractivity contribution in [3.63, 3.8) is 0 Å². The summed E-state index contributed by atoms with van der Waals surface area (Å²) in [7, 11) is 1.86.